The largest absolute Gasteiger partial charge is 0.417 e. The van der Waals surface area contributed by atoms with E-state index in [0.717, 1.165) is 31.5 Å². The zero-order valence-electron chi connectivity index (χ0n) is 13.3. The van der Waals surface area contributed by atoms with Gasteiger partial charge in [0, 0.05) is 25.3 Å². The highest BCUT2D eigenvalue weighted by Gasteiger charge is 2.30. The van der Waals surface area contributed by atoms with Gasteiger partial charge in [0.1, 0.15) is 5.82 Å². The molecule has 0 spiro atoms. The summed E-state index contributed by atoms with van der Waals surface area (Å²) in [6.45, 7) is 1.12. The van der Waals surface area contributed by atoms with Crippen LogP contribution in [-0.4, -0.2) is 30.1 Å². The molecule has 0 aliphatic heterocycles. The topological polar surface area (TPSA) is 75.3 Å². The van der Waals surface area contributed by atoms with Crippen LogP contribution in [0.15, 0.2) is 23.3 Å². The Labute approximate surface area is 150 Å². The van der Waals surface area contributed by atoms with E-state index in [4.69, 9.17) is 5.73 Å². The van der Waals surface area contributed by atoms with E-state index in [1.165, 1.54) is 18.9 Å². The van der Waals surface area contributed by atoms with Gasteiger partial charge in [0.15, 0.2) is 5.96 Å². The van der Waals surface area contributed by atoms with Gasteiger partial charge in [-0.1, -0.05) is 12.8 Å². The van der Waals surface area contributed by atoms with Crippen LogP contribution in [0.2, 0.25) is 0 Å². The second-order valence-corrected chi connectivity index (χ2v) is 5.60. The molecule has 0 atom stereocenters. The van der Waals surface area contributed by atoms with Crippen molar-refractivity contribution in [1.29, 1.82) is 0 Å². The van der Waals surface area contributed by atoms with Gasteiger partial charge in [-0.15, -0.1) is 17.0 Å². The predicted molar refractivity (Wildman–Crippen MR) is 94.5 cm³/mol. The number of hydrogen-bond acceptors (Lipinski definition) is 3. The van der Waals surface area contributed by atoms with Gasteiger partial charge in [-0.3, -0.25) is 4.99 Å². The first kappa shape index (κ1) is 20.5. The molecule has 1 aliphatic rings. The van der Waals surface area contributed by atoms with E-state index in [2.05, 4.69) is 20.6 Å². The van der Waals surface area contributed by atoms with Crippen molar-refractivity contribution in [3.05, 3.63) is 23.9 Å². The number of aromatic nitrogens is 1. The van der Waals surface area contributed by atoms with Crippen LogP contribution in [0.1, 0.15) is 37.7 Å². The monoisotopic (exact) mass is 409 g/mol. The maximum Gasteiger partial charge on any atom is 0.417 e. The fourth-order valence-corrected chi connectivity index (χ4v) is 2.49. The molecule has 1 aromatic heterocycles. The number of halogens is 4. The Morgan fingerprint density at radius 3 is 2.58 bits per heavy atom. The van der Waals surface area contributed by atoms with E-state index in [-0.39, 0.29) is 17.0 Å². The Bertz CT molecular complexity index is 513. The van der Waals surface area contributed by atoms with Crippen LogP contribution in [0.25, 0.3) is 0 Å². The first-order chi connectivity index (χ1) is 10.9. The number of aliphatic imine (C=N–C) groups is 1. The molecule has 136 valence electrons. The Kier molecular flexibility index (Phi) is 8.30. The molecule has 0 unspecified atom stereocenters. The second-order valence-electron chi connectivity index (χ2n) is 5.60. The summed E-state index contributed by atoms with van der Waals surface area (Å²) in [5, 5.41) is 6.16. The smallest absolute Gasteiger partial charge is 0.370 e. The fraction of sp³-hybridized carbons (Fsp3) is 0.600. The molecule has 0 radical (unpaired) electrons. The SMILES string of the molecule is Br.NC(=NCCCNc1ccc(C(F)(F)F)cn1)NC1CCCC1. The fourth-order valence-electron chi connectivity index (χ4n) is 2.49. The van der Waals surface area contributed by atoms with Gasteiger partial charge in [0.2, 0.25) is 0 Å². The molecule has 1 aliphatic carbocycles. The molecule has 0 aromatic carbocycles. The molecule has 0 bridgehead atoms. The zero-order chi connectivity index (χ0) is 16.7. The Hall–Kier alpha value is -1.51. The van der Waals surface area contributed by atoms with Crippen molar-refractivity contribution in [3.63, 3.8) is 0 Å². The van der Waals surface area contributed by atoms with Crippen molar-refractivity contribution in [2.24, 2.45) is 10.7 Å². The standard InChI is InChI=1S/C15H22F3N5.BrH/c16-15(17,18)11-6-7-13(22-10-11)20-8-3-9-21-14(19)23-12-4-1-2-5-12;/h6-7,10,12H,1-5,8-9H2,(H,20,22)(H3,19,21,23);1H. The van der Waals surface area contributed by atoms with Crippen molar-refractivity contribution in [1.82, 2.24) is 10.3 Å². The first-order valence-corrected chi connectivity index (χ1v) is 7.79. The summed E-state index contributed by atoms with van der Waals surface area (Å²) in [5.41, 5.74) is 5.05. The van der Waals surface area contributed by atoms with Crippen LogP contribution in [0.5, 0.6) is 0 Å². The van der Waals surface area contributed by atoms with Crippen molar-refractivity contribution in [3.8, 4) is 0 Å². The number of rotatable bonds is 6. The molecule has 4 N–H and O–H groups in total. The van der Waals surface area contributed by atoms with Crippen LogP contribution < -0.4 is 16.4 Å². The summed E-state index contributed by atoms with van der Waals surface area (Å²) in [5.74, 6) is 0.878. The quantitative estimate of drug-likeness (QED) is 0.382. The minimum Gasteiger partial charge on any atom is -0.370 e. The molecule has 1 saturated carbocycles. The summed E-state index contributed by atoms with van der Waals surface area (Å²) in [6.07, 6.45) is 1.92. The average Bonchev–Trinajstić information content (AvgIpc) is 2.99. The number of nitrogens with one attached hydrogen (secondary N) is 2. The number of nitrogens with zero attached hydrogens (tertiary/aromatic N) is 2. The molecule has 0 amide bonds. The van der Waals surface area contributed by atoms with Crippen molar-refractivity contribution in [2.75, 3.05) is 18.4 Å². The van der Waals surface area contributed by atoms with Gasteiger partial charge in [0.25, 0.3) is 0 Å². The lowest BCUT2D eigenvalue weighted by atomic mass is 10.2. The van der Waals surface area contributed by atoms with Gasteiger partial charge in [-0.2, -0.15) is 13.2 Å². The maximum atomic E-state index is 12.4. The molecule has 1 aromatic rings. The third-order valence-electron chi connectivity index (χ3n) is 3.72. The summed E-state index contributed by atoms with van der Waals surface area (Å²) >= 11 is 0. The lowest BCUT2D eigenvalue weighted by molar-refractivity contribution is -0.137. The second kappa shape index (κ2) is 9.71. The van der Waals surface area contributed by atoms with E-state index in [1.807, 2.05) is 0 Å². The van der Waals surface area contributed by atoms with E-state index >= 15 is 0 Å². The molecular formula is C15H23BrF3N5. The molecule has 9 heteroatoms. The van der Waals surface area contributed by atoms with E-state index in [0.29, 0.717) is 30.9 Å². The van der Waals surface area contributed by atoms with Crippen molar-refractivity contribution < 1.29 is 13.2 Å². The number of nitrogens with two attached hydrogens (primary N) is 1. The zero-order valence-corrected chi connectivity index (χ0v) is 15.0. The Morgan fingerprint density at radius 2 is 2.00 bits per heavy atom. The van der Waals surface area contributed by atoms with E-state index in [9.17, 15) is 13.2 Å². The normalized spacial score (nSPS) is 15.9. The third-order valence-corrected chi connectivity index (χ3v) is 3.72. The van der Waals surface area contributed by atoms with E-state index in [1.54, 1.807) is 0 Å². The first-order valence-electron chi connectivity index (χ1n) is 7.79. The Morgan fingerprint density at radius 1 is 1.29 bits per heavy atom. The summed E-state index contributed by atoms with van der Waals surface area (Å²) < 4.78 is 37.2. The third kappa shape index (κ3) is 6.94. The number of hydrogen-bond donors (Lipinski definition) is 3. The highest BCUT2D eigenvalue weighted by atomic mass is 79.9. The van der Waals surface area contributed by atoms with Crippen LogP contribution in [0, 0.1) is 0 Å². The lowest BCUT2D eigenvalue weighted by Crippen LogP contribution is -2.38. The highest BCUT2D eigenvalue weighted by Crippen LogP contribution is 2.28. The molecule has 5 nitrogen and oxygen atoms in total. The molecule has 1 heterocycles. The van der Waals surface area contributed by atoms with Gasteiger partial charge < -0.3 is 16.4 Å². The molecule has 2 rings (SSSR count). The Balaban J connectivity index is 0.00000288. The lowest BCUT2D eigenvalue weighted by Gasteiger charge is -2.12. The summed E-state index contributed by atoms with van der Waals surface area (Å²) in [4.78, 5) is 7.98. The minimum atomic E-state index is -4.36. The molecule has 0 saturated heterocycles. The minimum absolute atomic E-state index is 0. The van der Waals surface area contributed by atoms with Crippen LogP contribution in [-0.2, 0) is 6.18 Å². The average molecular weight is 410 g/mol. The van der Waals surface area contributed by atoms with Crippen molar-refractivity contribution in [2.45, 2.75) is 44.3 Å². The van der Waals surface area contributed by atoms with Crippen molar-refractivity contribution >= 4 is 28.8 Å². The van der Waals surface area contributed by atoms with E-state index < -0.39 is 11.7 Å². The van der Waals surface area contributed by atoms with Gasteiger partial charge in [0.05, 0.1) is 5.56 Å². The molecule has 24 heavy (non-hydrogen) atoms. The number of guanidine groups is 1. The number of pyridine rings is 1. The number of anilines is 1. The van der Waals surface area contributed by atoms with Gasteiger partial charge in [-0.05, 0) is 31.4 Å². The molecular weight excluding hydrogens is 387 g/mol. The summed E-state index contributed by atoms with van der Waals surface area (Å²) in [7, 11) is 0. The van der Waals surface area contributed by atoms with Crippen LogP contribution >= 0.6 is 17.0 Å². The van der Waals surface area contributed by atoms with Crippen LogP contribution in [0.4, 0.5) is 19.0 Å². The summed E-state index contributed by atoms with van der Waals surface area (Å²) in [6, 6.07) is 2.77. The number of alkyl halides is 3. The predicted octanol–water partition coefficient (Wildman–Crippen LogP) is 3.33. The van der Waals surface area contributed by atoms with Gasteiger partial charge in [-0.25, -0.2) is 4.98 Å². The van der Waals surface area contributed by atoms with Gasteiger partial charge >= 0.3 is 6.18 Å². The van der Waals surface area contributed by atoms with Crippen LogP contribution in [0.3, 0.4) is 0 Å². The molecule has 1 fully saturated rings. The highest BCUT2D eigenvalue weighted by molar-refractivity contribution is 8.93. The maximum absolute atomic E-state index is 12.4.